The molecular formula is C24H29FN4O2. The Balaban J connectivity index is 1.49. The van der Waals surface area contributed by atoms with E-state index in [0.29, 0.717) is 18.0 Å². The number of nitrogens with one attached hydrogen (secondary N) is 1. The number of anilines is 1. The monoisotopic (exact) mass is 424 g/mol. The molecule has 0 aliphatic carbocycles. The van der Waals surface area contributed by atoms with Gasteiger partial charge in [-0.3, -0.25) is 14.4 Å². The quantitative estimate of drug-likeness (QED) is 0.563. The Morgan fingerprint density at radius 1 is 1.19 bits per heavy atom. The molecule has 0 spiro atoms. The molecule has 31 heavy (non-hydrogen) atoms. The van der Waals surface area contributed by atoms with Gasteiger partial charge in [0.15, 0.2) is 0 Å². The van der Waals surface area contributed by atoms with E-state index < -0.39 is 0 Å². The minimum absolute atomic E-state index is 0.0807. The molecule has 3 rings (SSSR count). The minimum Gasteiger partial charge on any atom is -0.495 e. The molecule has 1 amide bonds. The molecule has 0 unspecified atom stereocenters. The molecule has 0 aliphatic rings. The maximum atomic E-state index is 13.2. The van der Waals surface area contributed by atoms with Crippen LogP contribution in [0.2, 0.25) is 0 Å². The fraction of sp³-hybridized carbons (Fsp3) is 0.333. The number of likely N-dealkylation sites (N-methyl/N-ethyl adjacent to an activating group) is 1. The average molecular weight is 425 g/mol. The van der Waals surface area contributed by atoms with E-state index in [4.69, 9.17) is 4.74 Å². The highest BCUT2D eigenvalue weighted by molar-refractivity contribution is 5.93. The predicted molar refractivity (Wildman–Crippen MR) is 121 cm³/mol. The lowest BCUT2D eigenvalue weighted by Gasteiger charge is -2.17. The fourth-order valence-electron chi connectivity index (χ4n) is 3.50. The minimum atomic E-state index is -0.251. The first-order valence-corrected chi connectivity index (χ1v) is 10.3. The van der Waals surface area contributed by atoms with E-state index in [2.05, 4.69) is 10.4 Å². The highest BCUT2D eigenvalue weighted by atomic mass is 19.1. The van der Waals surface area contributed by atoms with Crippen LogP contribution in [0.25, 0.3) is 11.3 Å². The van der Waals surface area contributed by atoms with Crippen LogP contribution < -0.4 is 10.1 Å². The van der Waals surface area contributed by atoms with Crippen molar-refractivity contribution in [2.45, 2.75) is 19.8 Å². The van der Waals surface area contributed by atoms with Crippen LogP contribution in [0.1, 0.15) is 17.7 Å². The first-order chi connectivity index (χ1) is 14.9. The first kappa shape index (κ1) is 22.5. The summed E-state index contributed by atoms with van der Waals surface area (Å²) in [5.74, 6) is 0.315. The van der Waals surface area contributed by atoms with Crippen molar-refractivity contribution >= 4 is 11.6 Å². The molecule has 164 valence electrons. The van der Waals surface area contributed by atoms with Gasteiger partial charge in [-0.05, 0) is 86.9 Å². The normalized spacial score (nSPS) is 11.0. The van der Waals surface area contributed by atoms with Crippen LogP contribution >= 0.6 is 0 Å². The van der Waals surface area contributed by atoms with Crippen LogP contribution in [0.5, 0.6) is 5.75 Å². The Kier molecular flexibility index (Phi) is 7.41. The summed E-state index contributed by atoms with van der Waals surface area (Å²) in [6, 6.07) is 14.1. The van der Waals surface area contributed by atoms with Gasteiger partial charge in [-0.25, -0.2) is 4.39 Å². The number of halogens is 1. The zero-order valence-electron chi connectivity index (χ0n) is 18.5. The van der Waals surface area contributed by atoms with Gasteiger partial charge in [0.1, 0.15) is 11.6 Å². The number of benzene rings is 2. The molecule has 3 aromatic rings. The Morgan fingerprint density at radius 2 is 1.94 bits per heavy atom. The molecule has 0 atom stereocenters. The molecule has 1 aromatic heterocycles. The average Bonchev–Trinajstić information content (AvgIpc) is 3.09. The molecule has 7 heteroatoms. The third-order valence-electron chi connectivity index (χ3n) is 5.09. The van der Waals surface area contributed by atoms with Crippen LogP contribution in [0, 0.1) is 12.7 Å². The SMILES string of the molecule is COc1ccc(C)cc1NC(=O)CN(C)CCCc1cc(-c2ccc(F)cc2)n(C)n1. The third-order valence-corrected chi connectivity index (χ3v) is 5.09. The summed E-state index contributed by atoms with van der Waals surface area (Å²) in [5, 5.41) is 7.49. The van der Waals surface area contributed by atoms with Gasteiger partial charge in [0.2, 0.25) is 5.91 Å². The zero-order valence-corrected chi connectivity index (χ0v) is 18.5. The number of hydrogen-bond donors (Lipinski definition) is 1. The highest BCUT2D eigenvalue weighted by Crippen LogP contribution is 2.25. The molecule has 0 aliphatic heterocycles. The summed E-state index contributed by atoms with van der Waals surface area (Å²) in [6.45, 7) is 3.03. The summed E-state index contributed by atoms with van der Waals surface area (Å²) in [6.07, 6.45) is 1.67. The summed E-state index contributed by atoms with van der Waals surface area (Å²) in [5.41, 5.74) is 4.60. The number of nitrogens with zero attached hydrogens (tertiary/aromatic N) is 3. The largest absolute Gasteiger partial charge is 0.495 e. The smallest absolute Gasteiger partial charge is 0.238 e. The standard InChI is InChI=1S/C24H29FN4O2/c1-17-7-12-23(31-4)21(14-17)26-24(30)16-28(2)13-5-6-20-15-22(29(3)27-20)18-8-10-19(25)11-9-18/h7-12,14-15H,5-6,13,16H2,1-4H3,(H,26,30). The van der Waals surface area contributed by atoms with E-state index in [1.807, 2.05) is 54.9 Å². The maximum absolute atomic E-state index is 13.2. The van der Waals surface area contributed by atoms with E-state index in [-0.39, 0.29) is 11.7 Å². The van der Waals surface area contributed by atoms with Gasteiger partial charge in [-0.1, -0.05) is 6.07 Å². The second-order valence-electron chi connectivity index (χ2n) is 7.74. The van der Waals surface area contributed by atoms with Crippen LogP contribution in [0.15, 0.2) is 48.5 Å². The number of carbonyl (C=O) groups excluding carboxylic acids is 1. The Bertz CT molecular complexity index is 1030. The number of carbonyl (C=O) groups is 1. The number of amides is 1. The van der Waals surface area contributed by atoms with Gasteiger partial charge >= 0.3 is 0 Å². The summed E-state index contributed by atoms with van der Waals surface area (Å²) in [4.78, 5) is 14.4. The van der Waals surface area contributed by atoms with Crippen molar-refractivity contribution in [1.29, 1.82) is 0 Å². The number of aromatic nitrogens is 2. The van der Waals surface area contributed by atoms with Crippen molar-refractivity contribution in [2.24, 2.45) is 7.05 Å². The second kappa shape index (κ2) is 10.2. The van der Waals surface area contributed by atoms with Crippen molar-refractivity contribution < 1.29 is 13.9 Å². The van der Waals surface area contributed by atoms with E-state index >= 15 is 0 Å². The topological polar surface area (TPSA) is 59.4 Å². The Labute approximate surface area is 182 Å². The molecule has 0 radical (unpaired) electrons. The third kappa shape index (κ3) is 6.15. The second-order valence-corrected chi connectivity index (χ2v) is 7.74. The summed E-state index contributed by atoms with van der Waals surface area (Å²) >= 11 is 0. The number of aryl methyl sites for hydroxylation is 3. The zero-order chi connectivity index (χ0) is 22.4. The van der Waals surface area contributed by atoms with Gasteiger partial charge in [0.05, 0.1) is 30.7 Å². The number of rotatable bonds is 9. The number of methoxy groups -OCH3 is 1. The van der Waals surface area contributed by atoms with Gasteiger partial charge in [0.25, 0.3) is 0 Å². The molecule has 1 heterocycles. The van der Waals surface area contributed by atoms with Crippen LogP contribution in [0.3, 0.4) is 0 Å². The molecule has 2 aromatic carbocycles. The van der Waals surface area contributed by atoms with Gasteiger partial charge in [-0.2, -0.15) is 5.10 Å². The molecule has 0 saturated heterocycles. The van der Waals surface area contributed by atoms with E-state index in [1.165, 1.54) is 12.1 Å². The highest BCUT2D eigenvalue weighted by Gasteiger charge is 2.12. The lowest BCUT2D eigenvalue weighted by Crippen LogP contribution is -2.31. The number of ether oxygens (including phenoxy) is 1. The molecule has 0 fully saturated rings. The molecule has 0 bridgehead atoms. The van der Waals surface area contributed by atoms with Gasteiger partial charge < -0.3 is 10.1 Å². The van der Waals surface area contributed by atoms with Gasteiger partial charge in [-0.15, -0.1) is 0 Å². The predicted octanol–water partition coefficient (Wildman–Crippen LogP) is 4.05. The molecule has 0 saturated carbocycles. The Hall–Kier alpha value is -3.19. The van der Waals surface area contributed by atoms with Crippen LogP contribution in [-0.2, 0) is 18.3 Å². The fourth-order valence-corrected chi connectivity index (χ4v) is 3.50. The molecule has 1 N–H and O–H groups in total. The van der Waals surface area contributed by atoms with E-state index in [1.54, 1.807) is 19.2 Å². The van der Waals surface area contributed by atoms with Crippen LogP contribution in [-0.4, -0.2) is 47.8 Å². The maximum Gasteiger partial charge on any atom is 0.238 e. The van der Waals surface area contributed by atoms with Crippen LogP contribution in [0.4, 0.5) is 10.1 Å². The summed E-state index contributed by atoms with van der Waals surface area (Å²) < 4.78 is 20.3. The van der Waals surface area contributed by atoms with Crippen molar-refractivity contribution in [1.82, 2.24) is 14.7 Å². The summed E-state index contributed by atoms with van der Waals surface area (Å²) in [7, 11) is 5.40. The van der Waals surface area contributed by atoms with E-state index in [9.17, 15) is 9.18 Å². The van der Waals surface area contributed by atoms with Crippen molar-refractivity contribution in [2.75, 3.05) is 32.6 Å². The Morgan fingerprint density at radius 3 is 2.65 bits per heavy atom. The molecule has 6 nitrogen and oxygen atoms in total. The number of hydrogen-bond acceptors (Lipinski definition) is 4. The van der Waals surface area contributed by atoms with Crippen molar-refractivity contribution in [3.05, 3.63) is 65.6 Å². The van der Waals surface area contributed by atoms with Crippen molar-refractivity contribution in [3.8, 4) is 17.0 Å². The van der Waals surface area contributed by atoms with Crippen molar-refractivity contribution in [3.63, 3.8) is 0 Å². The lowest BCUT2D eigenvalue weighted by molar-refractivity contribution is -0.117. The lowest BCUT2D eigenvalue weighted by atomic mass is 10.1. The molecular weight excluding hydrogens is 395 g/mol. The van der Waals surface area contributed by atoms with E-state index in [0.717, 1.165) is 41.9 Å². The first-order valence-electron chi connectivity index (χ1n) is 10.3. The van der Waals surface area contributed by atoms with Gasteiger partial charge in [0, 0.05) is 7.05 Å².